The number of nitrogens with zero attached hydrogens (tertiary/aromatic N) is 1. The standard InChI is InChI=1S/C8H9ClN2O3S/c1-5-7(15(9,13)14)3-4-8(10-5)11-6(2)12/h3-4H,1-2H3,(H,10,11,12). The second-order valence-corrected chi connectivity index (χ2v) is 5.43. The van der Waals surface area contributed by atoms with Gasteiger partial charge in [0.15, 0.2) is 0 Å². The van der Waals surface area contributed by atoms with Crippen LogP contribution in [0, 0.1) is 6.92 Å². The smallest absolute Gasteiger partial charge is 0.263 e. The molecule has 0 unspecified atom stereocenters. The van der Waals surface area contributed by atoms with Gasteiger partial charge in [-0.15, -0.1) is 0 Å². The lowest BCUT2D eigenvalue weighted by Gasteiger charge is -2.04. The third kappa shape index (κ3) is 3.17. The van der Waals surface area contributed by atoms with Crippen molar-refractivity contribution in [2.45, 2.75) is 18.7 Å². The number of anilines is 1. The molecule has 0 radical (unpaired) electrons. The van der Waals surface area contributed by atoms with Crippen molar-refractivity contribution in [3.8, 4) is 0 Å². The summed E-state index contributed by atoms with van der Waals surface area (Å²) >= 11 is 0. The number of carbonyl (C=O) groups excluding carboxylic acids is 1. The molecule has 1 aromatic rings. The Morgan fingerprint density at radius 1 is 1.47 bits per heavy atom. The summed E-state index contributed by atoms with van der Waals surface area (Å²) in [6, 6.07) is 2.68. The second kappa shape index (κ2) is 4.16. The van der Waals surface area contributed by atoms with Crippen molar-refractivity contribution in [1.29, 1.82) is 0 Å². The Morgan fingerprint density at radius 2 is 2.07 bits per heavy atom. The maximum absolute atomic E-state index is 11.0. The van der Waals surface area contributed by atoms with E-state index in [-0.39, 0.29) is 16.5 Å². The molecule has 1 aromatic heterocycles. The Morgan fingerprint density at radius 3 is 2.47 bits per heavy atom. The van der Waals surface area contributed by atoms with Crippen LogP contribution in [0.25, 0.3) is 0 Å². The second-order valence-electron chi connectivity index (χ2n) is 2.90. The van der Waals surface area contributed by atoms with E-state index in [1.807, 2.05) is 0 Å². The van der Waals surface area contributed by atoms with E-state index >= 15 is 0 Å². The van der Waals surface area contributed by atoms with Crippen molar-refractivity contribution >= 4 is 31.5 Å². The van der Waals surface area contributed by atoms with Gasteiger partial charge in [0.25, 0.3) is 9.05 Å². The van der Waals surface area contributed by atoms with Crippen molar-refractivity contribution in [3.05, 3.63) is 17.8 Å². The van der Waals surface area contributed by atoms with Crippen molar-refractivity contribution < 1.29 is 13.2 Å². The van der Waals surface area contributed by atoms with Crippen LogP contribution in [-0.2, 0) is 13.8 Å². The van der Waals surface area contributed by atoms with Gasteiger partial charge in [0.1, 0.15) is 10.7 Å². The summed E-state index contributed by atoms with van der Waals surface area (Å²) in [5, 5.41) is 2.44. The fraction of sp³-hybridized carbons (Fsp3) is 0.250. The predicted molar refractivity (Wildman–Crippen MR) is 56.3 cm³/mol. The van der Waals surface area contributed by atoms with Crippen LogP contribution >= 0.6 is 10.7 Å². The molecule has 0 aliphatic heterocycles. The number of halogens is 1. The Hall–Kier alpha value is -1.14. The molecule has 1 N–H and O–H groups in total. The summed E-state index contributed by atoms with van der Waals surface area (Å²) < 4.78 is 22.1. The van der Waals surface area contributed by atoms with Gasteiger partial charge >= 0.3 is 0 Å². The molecule has 1 rings (SSSR count). The number of aryl methyl sites for hydroxylation is 1. The van der Waals surface area contributed by atoms with Gasteiger partial charge in [0.2, 0.25) is 5.91 Å². The highest BCUT2D eigenvalue weighted by Crippen LogP contribution is 2.19. The minimum absolute atomic E-state index is 0.0572. The van der Waals surface area contributed by atoms with Crippen molar-refractivity contribution in [2.75, 3.05) is 5.32 Å². The fourth-order valence-corrected chi connectivity index (χ4v) is 2.17. The van der Waals surface area contributed by atoms with Gasteiger partial charge in [0, 0.05) is 17.6 Å². The molecular weight excluding hydrogens is 240 g/mol. The van der Waals surface area contributed by atoms with E-state index in [0.29, 0.717) is 5.82 Å². The van der Waals surface area contributed by atoms with Gasteiger partial charge in [-0.1, -0.05) is 0 Å². The monoisotopic (exact) mass is 248 g/mol. The summed E-state index contributed by atoms with van der Waals surface area (Å²) in [5.41, 5.74) is 0.247. The lowest BCUT2D eigenvalue weighted by atomic mass is 10.3. The minimum Gasteiger partial charge on any atom is -0.311 e. The van der Waals surface area contributed by atoms with Gasteiger partial charge in [-0.3, -0.25) is 4.79 Å². The van der Waals surface area contributed by atoms with Crippen LogP contribution < -0.4 is 5.32 Å². The minimum atomic E-state index is -3.78. The van der Waals surface area contributed by atoms with Gasteiger partial charge in [0.05, 0.1) is 5.69 Å². The molecule has 0 atom stereocenters. The number of carbonyl (C=O) groups is 1. The summed E-state index contributed by atoms with van der Waals surface area (Å²) in [6.45, 7) is 2.84. The zero-order chi connectivity index (χ0) is 11.6. The topological polar surface area (TPSA) is 76.1 Å². The molecule has 0 aliphatic carbocycles. The molecule has 0 saturated heterocycles. The van der Waals surface area contributed by atoms with E-state index in [1.165, 1.54) is 26.0 Å². The molecule has 0 aromatic carbocycles. The maximum atomic E-state index is 11.0. The highest BCUT2D eigenvalue weighted by molar-refractivity contribution is 8.13. The Balaban J connectivity index is 3.15. The third-order valence-electron chi connectivity index (χ3n) is 1.60. The number of amides is 1. The molecule has 0 aliphatic rings. The SMILES string of the molecule is CC(=O)Nc1ccc(S(=O)(=O)Cl)c(C)n1. The Labute approximate surface area is 91.9 Å². The Kier molecular flexibility index (Phi) is 3.31. The lowest BCUT2D eigenvalue weighted by molar-refractivity contribution is -0.114. The van der Waals surface area contributed by atoms with E-state index in [9.17, 15) is 13.2 Å². The quantitative estimate of drug-likeness (QED) is 0.800. The molecule has 15 heavy (non-hydrogen) atoms. The van der Waals surface area contributed by atoms with E-state index in [1.54, 1.807) is 0 Å². The molecular formula is C8H9ClN2O3S. The van der Waals surface area contributed by atoms with Gasteiger partial charge in [-0.25, -0.2) is 13.4 Å². The van der Waals surface area contributed by atoms with E-state index in [4.69, 9.17) is 10.7 Å². The van der Waals surface area contributed by atoms with Crippen molar-refractivity contribution in [2.24, 2.45) is 0 Å². The molecule has 0 saturated carbocycles. The van der Waals surface area contributed by atoms with Crippen LogP contribution in [0.2, 0.25) is 0 Å². The summed E-state index contributed by atoms with van der Waals surface area (Å²) in [7, 11) is 1.39. The summed E-state index contributed by atoms with van der Waals surface area (Å²) in [5.74, 6) is 0.0208. The molecule has 0 fully saturated rings. The first-order valence-electron chi connectivity index (χ1n) is 4.00. The molecule has 1 amide bonds. The zero-order valence-corrected chi connectivity index (χ0v) is 9.69. The van der Waals surface area contributed by atoms with E-state index in [0.717, 1.165) is 0 Å². The molecule has 5 nitrogen and oxygen atoms in total. The van der Waals surface area contributed by atoms with Crippen LogP contribution in [0.4, 0.5) is 5.82 Å². The molecule has 82 valence electrons. The largest absolute Gasteiger partial charge is 0.311 e. The van der Waals surface area contributed by atoms with Gasteiger partial charge < -0.3 is 5.32 Å². The first kappa shape index (κ1) is 11.9. The van der Waals surface area contributed by atoms with Gasteiger partial charge in [-0.05, 0) is 19.1 Å². The van der Waals surface area contributed by atoms with Crippen LogP contribution in [0.3, 0.4) is 0 Å². The summed E-state index contributed by atoms with van der Waals surface area (Å²) in [6.07, 6.45) is 0. The molecule has 0 spiro atoms. The lowest BCUT2D eigenvalue weighted by Crippen LogP contribution is -2.08. The number of hydrogen-bond donors (Lipinski definition) is 1. The van der Waals surface area contributed by atoms with Gasteiger partial charge in [-0.2, -0.15) is 0 Å². The average molecular weight is 249 g/mol. The number of hydrogen-bond acceptors (Lipinski definition) is 4. The molecule has 0 bridgehead atoms. The number of pyridine rings is 1. The first-order chi connectivity index (χ1) is 6.80. The van der Waals surface area contributed by atoms with Crippen molar-refractivity contribution in [1.82, 2.24) is 4.98 Å². The first-order valence-corrected chi connectivity index (χ1v) is 6.31. The molecule has 7 heteroatoms. The molecule has 1 heterocycles. The summed E-state index contributed by atoms with van der Waals surface area (Å²) in [4.78, 5) is 14.5. The van der Waals surface area contributed by atoms with Crippen molar-refractivity contribution in [3.63, 3.8) is 0 Å². The van der Waals surface area contributed by atoms with Crippen LogP contribution in [-0.4, -0.2) is 19.3 Å². The third-order valence-corrected chi connectivity index (χ3v) is 3.06. The van der Waals surface area contributed by atoms with Crippen LogP contribution in [0.5, 0.6) is 0 Å². The average Bonchev–Trinajstić information content (AvgIpc) is 1.99. The zero-order valence-electron chi connectivity index (χ0n) is 8.11. The number of nitrogens with one attached hydrogen (secondary N) is 1. The van der Waals surface area contributed by atoms with E-state index < -0.39 is 9.05 Å². The maximum Gasteiger partial charge on any atom is 0.263 e. The predicted octanol–water partition coefficient (Wildman–Crippen LogP) is 1.28. The number of aromatic nitrogens is 1. The normalized spacial score (nSPS) is 11.1. The highest BCUT2D eigenvalue weighted by Gasteiger charge is 2.14. The van der Waals surface area contributed by atoms with Crippen LogP contribution in [0.15, 0.2) is 17.0 Å². The van der Waals surface area contributed by atoms with E-state index in [2.05, 4.69) is 10.3 Å². The fourth-order valence-electron chi connectivity index (χ4n) is 1.06. The highest BCUT2D eigenvalue weighted by atomic mass is 35.7. The van der Waals surface area contributed by atoms with Crippen LogP contribution in [0.1, 0.15) is 12.6 Å². The number of rotatable bonds is 2. The Bertz CT molecular complexity index is 499.